The van der Waals surface area contributed by atoms with Gasteiger partial charge in [0.1, 0.15) is 12.0 Å². The van der Waals surface area contributed by atoms with Crippen molar-refractivity contribution in [2.45, 2.75) is 44.9 Å². The van der Waals surface area contributed by atoms with E-state index in [0.29, 0.717) is 11.8 Å². The lowest BCUT2D eigenvalue weighted by molar-refractivity contribution is -0.120. The molecule has 5 atom stereocenters. The molecule has 4 aliphatic heterocycles. The van der Waals surface area contributed by atoms with E-state index in [2.05, 4.69) is 147 Å². The first kappa shape index (κ1) is 42.1. The number of carbonyl (C=O) groups excluding carboxylic acids is 1. The molecule has 1 N–H and O–H groups in total. The van der Waals surface area contributed by atoms with Gasteiger partial charge in [-0.1, -0.05) is 133 Å². The first-order chi connectivity index (χ1) is 29.4. The minimum Gasteiger partial charge on any atom is -0.497 e. The number of methoxy groups -OCH3 is 1. The number of aldehydes is 1. The molecule has 0 aromatic heterocycles. The van der Waals surface area contributed by atoms with Crippen LogP contribution in [0.15, 0.2) is 146 Å². The van der Waals surface area contributed by atoms with E-state index in [4.69, 9.17) is 4.74 Å². The van der Waals surface area contributed by atoms with Crippen LogP contribution in [-0.2, 0) is 30.7 Å². The van der Waals surface area contributed by atoms with E-state index in [1.807, 2.05) is 18.2 Å². The molecule has 4 aliphatic rings. The third-order valence-corrected chi connectivity index (χ3v) is 14.0. The normalized spacial score (nSPS) is 25.1. The number of carbonyl (C=O) groups is 1. The van der Waals surface area contributed by atoms with E-state index in [9.17, 15) is 9.90 Å². The summed E-state index contributed by atoms with van der Waals surface area (Å²) in [6, 6.07) is 50.8. The molecular weight excluding hydrogens is 741 g/mol. The Hall–Kier alpha value is -4.63. The molecule has 0 amide bonds. The van der Waals surface area contributed by atoms with Gasteiger partial charge in [-0.15, -0.1) is 0 Å². The van der Waals surface area contributed by atoms with Crippen LogP contribution in [0.1, 0.15) is 46.8 Å². The van der Waals surface area contributed by atoms with E-state index in [1.54, 1.807) is 7.11 Å². The van der Waals surface area contributed by atoms with Crippen molar-refractivity contribution in [3.05, 3.63) is 173 Å². The van der Waals surface area contributed by atoms with Gasteiger partial charge in [0, 0.05) is 70.9 Å². The van der Waals surface area contributed by atoms with Crippen molar-refractivity contribution in [3.63, 3.8) is 0 Å². The van der Waals surface area contributed by atoms with Crippen LogP contribution in [0.2, 0.25) is 0 Å². The Bertz CT molecular complexity index is 2070. The maximum atomic E-state index is 12.1. The molecule has 60 heavy (non-hydrogen) atoms. The van der Waals surface area contributed by atoms with Crippen molar-refractivity contribution in [1.82, 2.24) is 19.6 Å². The zero-order valence-corrected chi connectivity index (χ0v) is 35.5. The number of benzene rings is 5. The largest absolute Gasteiger partial charge is 0.497 e. The Labute approximate surface area is 358 Å². The monoisotopic (exact) mass is 804 g/mol. The second kappa shape index (κ2) is 19.8. The van der Waals surface area contributed by atoms with E-state index in [-0.39, 0.29) is 10.8 Å². The Morgan fingerprint density at radius 3 is 1.62 bits per heavy atom. The van der Waals surface area contributed by atoms with E-state index in [0.717, 1.165) is 116 Å². The number of ether oxygens (including phenoxy) is 1. The summed E-state index contributed by atoms with van der Waals surface area (Å²) in [6.45, 7) is 11.9. The predicted octanol–water partition coefficient (Wildman–Crippen LogP) is 8.05. The number of likely N-dealkylation sites (tertiary alicyclic amines) is 4. The maximum Gasteiger partial charge on any atom is 0.129 e. The fourth-order valence-corrected chi connectivity index (χ4v) is 10.9. The zero-order valence-electron chi connectivity index (χ0n) is 35.5. The second-order valence-electron chi connectivity index (χ2n) is 18.1. The molecular formula is C53H64N4O3. The molecule has 0 saturated carbocycles. The lowest BCUT2D eigenvalue weighted by Crippen LogP contribution is -2.52. The van der Waals surface area contributed by atoms with Gasteiger partial charge in [-0.2, -0.15) is 0 Å². The summed E-state index contributed by atoms with van der Waals surface area (Å²) in [6.07, 6.45) is 5.13. The number of hydrogen-bond acceptors (Lipinski definition) is 7. The highest BCUT2D eigenvalue weighted by atomic mass is 16.5. The van der Waals surface area contributed by atoms with Gasteiger partial charge < -0.3 is 24.4 Å². The van der Waals surface area contributed by atoms with E-state index in [1.165, 1.54) is 28.5 Å². The zero-order chi connectivity index (χ0) is 41.2. The van der Waals surface area contributed by atoms with Crippen molar-refractivity contribution in [2.75, 3.05) is 72.6 Å². The van der Waals surface area contributed by atoms with E-state index < -0.39 is 6.10 Å². The molecule has 4 fully saturated rings. The third kappa shape index (κ3) is 10.1. The highest BCUT2D eigenvalue weighted by Crippen LogP contribution is 2.51. The molecule has 7 nitrogen and oxygen atoms in total. The summed E-state index contributed by atoms with van der Waals surface area (Å²) >= 11 is 0. The lowest BCUT2D eigenvalue weighted by Gasteiger charge is -2.47. The number of aliphatic hydroxyl groups is 1. The van der Waals surface area contributed by atoms with Crippen LogP contribution in [0.25, 0.3) is 0 Å². The average Bonchev–Trinajstić information content (AvgIpc) is 3.86. The predicted molar refractivity (Wildman–Crippen MR) is 242 cm³/mol. The summed E-state index contributed by atoms with van der Waals surface area (Å²) < 4.78 is 5.48. The lowest BCUT2D eigenvalue weighted by atomic mass is 9.67. The van der Waals surface area contributed by atoms with Crippen LogP contribution in [0.4, 0.5) is 0 Å². The maximum absolute atomic E-state index is 12.1. The molecule has 0 bridgehead atoms. The number of hydrogen-bond donors (Lipinski definition) is 1. The minimum atomic E-state index is -0.520. The van der Waals surface area contributed by atoms with Crippen LogP contribution >= 0.6 is 0 Å². The first-order valence-corrected chi connectivity index (χ1v) is 22.3. The van der Waals surface area contributed by atoms with E-state index >= 15 is 0 Å². The van der Waals surface area contributed by atoms with Crippen molar-refractivity contribution in [3.8, 4) is 5.75 Å². The molecule has 4 heterocycles. The van der Waals surface area contributed by atoms with Gasteiger partial charge in [-0.3, -0.25) is 9.80 Å². The fraction of sp³-hybridized carbons (Fsp3) is 0.415. The van der Waals surface area contributed by atoms with Crippen LogP contribution in [0.5, 0.6) is 5.75 Å². The molecule has 5 aromatic rings. The number of piperidine rings is 2. The third-order valence-electron chi connectivity index (χ3n) is 14.0. The molecule has 314 valence electrons. The second-order valence-corrected chi connectivity index (χ2v) is 18.1. The van der Waals surface area contributed by atoms with Gasteiger partial charge in [-0.25, -0.2) is 0 Å². The Balaban J connectivity index is 0.000000172. The van der Waals surface area contributed by atoms with Gasteiger partial charge in [0.15, 0.2) is 0 Å². The number of rotatable bonds is 14. The molecule has 4 saturated heterocycles. The molecule has 9 rings (SSSR count). The van der Waals surface area contributed by atoms with Crippen molar-refractivity contribution >= 4 is 6.29 Å². The number of nitrogens with zero attached hydrogens (tertiary/aromatic N) is 4. The van der Waals surface area contributed by atoms with Gasteiger partial charge >= 0.3 is 0 Å². The van der Waals surface area contributed by atoms with Gasteiger partial charge in [0.2, 0.25) is 0 Å². The molecule has 5 unspecified atom stereocenters. The number of fused-ring (bicyclic) bond motifs is 2. The summed E-state index contributed by atoms with van der Waals surface area (Å²) in [5, 5.41) is 11.9. The van der Waals surface area contributed by atoms with Crippen molar-refractivity contribution < 1.29 is 14.6 Å². The van der Waals surface area contributed by atoms with Crippen molar-refractivity contribution in [1.29, 1.82) is 0 Å². The van der Waals surface area contributed by atoms with Crippen LogP contribution < -0.4 is 4.74 Å². The highest BCUT2D eigenvalue weighted by molar-refractivity contribution is 5.62. The summed E-state index contributed by atoms with van der Waals surface area (Å²) in [4.78, 5) is 22.3. The Morgan fingerprint density at radius 2 is 1.07 bits per heavy atom. The van der Waals surface area contributed by atoms with Crippen LogP contribution in [-0.4, -0.2) is 104 Å². The summed E-state index contributed by atoms with van der Waals surface area (Å²) in [5.74, 6) is 1.79. The molecule has 7 heteroatoms. The molecule has 0 aliphatic carbocycles. The minimum absolute atomic E-state index is 0.177. The molecule has 0 radical (unpaired) electrons. The summed E-state index contributed by atoms with van der Waals surface area (Å²) in [5.41, 5.74) is 6.05. The standard InChI is InChI=1S/C30H36N2O2.C23H28N2O/c1-34-28-14-8-13-26(19-28)29(33)30-22-31(17-15-24-9-4-2-5-10-24)18-16-27(30)21-32(23-30)20-25-11-6-3-7-12-25;26-19-23-17-24(13-11-20-7-3-1-4-8-20)14-12-22(23)16-25(18-23)15-21-9-5-2-6-10-21/h2-14,19,27,29,33H,15-18,20-23H2,1H3;1-10,19,22H,11-18H2. The quantitative estimate of drug-likeness (QED) is 0.114. The van der Waals surface area contributed by atoms with Gasteiger partial charge in [0.25, 0.3) is 0 Å². The van der Waals surface area contributed by atoms with Crippen molar-refractivity contribution in [2.24, 2.45) is 22.7 Å². The topological polar surface area (TPSA) is 59.5 Å². The smallest absolute Gasteiger partial charge is 0.129 e. The summed E-state index contributed by atoms with van der Waals surface area (Å²) in [7, 11) is 1.69. The molecule has 0 spiro atoms. The fourth-order valence-electron chi connectivity index (χ4n) is 10.9. The van der Waals surface area contributed by atoms with Crippen LogP contribution in [0, 0.1) is 22.7 Å². The first-order valence-electron chi connectivity index (χ1n) is 22.3. The van der Waals surface area contributed by atoms with Gasteiger partial charge in [-0.05, 0) is 90.6 Å². The molecule has 5 aromatic carbocycles. The highest BCUT2D eigenvalue weighted by Gasteiger charge is 2.54. The Morgan fingerprint density at radius 1 is 0.600 bits per heavy atom. The Kier molecular flexibility index (Phi) is 13.9. The SMILES string of the molecule is COc1cccc(C(O)C23CN(CCc4ccccc4)CCC2CN(Cc2ccccc2)C3)c1.O=CC12CN(CCc3ccccc3)CCC1CN(Cc1ccccc1)C2. The van der Waals surface area contributed by atoms with Gasteiger partial charge in [0.05, 0.1) is 18.6 Å². The number of aliphatic hydroxyl groups excluding tert-OH is 1. The average molecular weight is 805 g/mol. The van der Waals surface area contributed by atoms with Crippen LogP contribution in [0.3, 0.4) is 0 Å².